The predicted octanol–water partition coefficient (Wildman–Crippen LogP) is 13.8. The van der Waals surface area contributed by atoms with Gasteiger partial charge in [-0.15, -0.1) is 0 Å². The Morgan fingerprint density at radius 1 is 0.397 bits per heavy atom. The largest absolute Gasteiger partial charge is 0.456 e. The van der Waals surface area contributed by atoms with Gasteiger partial charge in [0.1, 0.15) is 11.2 Å². The van der Waals surface area contributed by atoms with Crippen molar-refractivity contribution in [3.63, 3.8) is 0 Å². The lowest BCUT2D eigenvalue weighted by atomic mass is 9.92. The van der Waals surface area contributed by atoms with E-state index in [-0.39, 0.29) is 0 Å². The summed E-state index contributed by atoms with van der Waals surface area (Å²) in [6, 6.07) is 64.1. The van der Waals surface area contributed by atoms with Gasteiger partial charge in [0.2, 0.25) is 0 Å². The van der Waals surface area contributed by atoms with Crippen molar-refractivity contribution in [2.45, 2.75) is 0 Å². The van der Waals surface area contributed by atoms with E-state index in [0.29, 0.717) is 23.2 Å². The molecular formula is C52H31N5O. The van der Waals surface area contributed by atoms with E-state index >= 15 is 0 Å². The molecule has 0 amide bonds. The average Bonchev–Trinajstić information content (AvgIpc) is 3.84. The molecule has 3 aromatic heterocycles. The van der Waals surface area contributed by atoms with Crippen LogP contribution in [0.15, 0.2) is 192 Å². The third-order valence-corrected chi connectivity index (χ3v) is 10.9. The lowest BCUT2D eigenvalue weighted by Gasteiger charge is -2.21. The number of nitrogens with zero attached hydrogens (tertiary/aromatic N) is 5. The molecule has 0 unspecified atom stereocenters. The first kappa shape index (κ1) is 33.2. The molecule has 0 aliphatic rings. The predicted molar refractivity (Wildman–Crippen MR) is 235 cm³/mol. The Bertz CT molecular complexity index is 3340. The summed E-state index contributed by atoms with van der Waals surface area (Å²) in [5.74, 6) is 1.68. The van der Waals surface area contributed by atoms with Gasteiger partial charge in [-0.05, 0) is 65.0 Å². The van der Waals surface area contributed by atoms with E-state index in [1.807, 2.05) is 78.9 Å². The summed E-state index contributed by atoms with van der Waals surface area (Å²) in [6.45, 7) is 7.79. The number of furan rings is 1. The van der Waals surface area contributed by atoms with Gasteiger partial charge in [0.25, 0.3) is 0 Å². The van der Waals surface area contributed by atoms with Crippen molar-refractivity contribution in [1.82, 2.24) is 19.5 Å². The standard InChI is InChI=1S/C52H31N5O/c1-53-38-26-28-46-44(32-38)39-21-11-13-23-45(39)57(46)49-42(33-15-5-2-6-16-33)29-37(30-43(49)34-17-7-3-8-18-34)52-55-50(35-19-9-4-10-20-35)54-51(56-52)36-25-27-41-40-22-12-14-24-47(40)58-48(41)31-36/h2-32H. The zero-order valence-electron chi connectivity index (χ0n) is 31.0. The molecule has 58 heavy (non-hydrogen) atoms. The first-order chi connectivity index (χ1) is 28.7. The van der Waals surface area contributed by atoms with E-state index < -0.39 is 0 Å². The van der Waals surface area contributed by atoms with Crippen LogP contribution in [0.3, 0.4) is 0 Å². The second-order valence-corrected chi connectivity index (χ2v) is 14.3. The van der Waals surface area contributed by atoms with Gasteiger partial charge in [-0.25, -0.2) is 19.8 Å². The molecule has 0 atom stereocenters. The third kappa shape index (κ3) is 5.53. The highest BCUT2D eigenvalue weighted by Gasteiger charge is 2.23. The van der Waals surface area contributed by atoms with Crippen LogP contribution in [0.5, 0.6) is 0 Å². The quantitative estimate of drug-likeness (QED) is 0.159. The van der Waals surface area contributed by atoms with Gasteiger partial charge in [-0.1, -0.05) is 140 Å². The maximum absolute atomic E-state index is 7.79. The molecule has 0 spiro atoms. The minimum Gasteiger partial charge on any atom is -0.456 e. The van der Waals surface area contributed by atoms with Crippen LogP contribution in [0, 0.1) is 6.57 Å². The molecule has 6 heteroatoms. The van der Waals surface area contributed by atoms with E-state index in [9.17, 15) is 0 Å². The number of rotatable bonds is 6. The number of fused-ring (bicyclic) bond motifs is 6. The van der Waals surface area contributed by atoms with Crippen molar-refractivity contribution in [2.75, 3.05) is 0 Å². The first-order valence-corrected chi connectivity index (χ1v) is 19.1. The van der Waals surface area contributed by atoms with Crippen molar-refractivity contribution >= 4 is 49.4 Å². The monoisotopic (exact) mass is 741 g/mol. The highest BCUT2D eigenvalue weighted by atomic mass is 16.3. The Hall–Kier alpha value is -8.14. The normalized spacial score (nSPS) is 11.4. The second kappa shape index (κ2) is 13.6. The number of aromatic nitrogens is 4. The fourth-order valence-electron chi connectivity index (χ4n) is 8.17. The van der Waals surface area contributed by atoms with Crippen molar-refractivity contribution in [3.05, 3.63) is 199 Å². The van der Waals surface area contributed by atoms with Gasteiger partial charge in [-0.3, -0.25) is 0 Å². The molecule has 0 N–H and O–H groups in total. The molecule has 0 aliphatic carbocycles. The summed E-state index contributed by atoms with van der Waals surface area (Å²) >= 11 is 0. The number of hydrogen-bond donors (Lipinski definition) is 0. The zero-order chi connectivity index (χ0) is 38.6. The number of para-hydroxylation sites is 2. The summed E-state index contributed by atoms with van der Waals surface area (Å²) in [6.07, 6.45) is 0. The molecule has 8 aromatic carbocycles. The van der Waals surface area contributed by atoms with Gasteiger partial charge >= 0.3 is 0 Å². The molecule has 0 aliphatic heterocycles. The van der Waals surface area contributed by atoms with Crippen LogP contribution in [0.4, 0.5) is 5.69 Å². The Kier molecular flexibility index (Phi) is 7.76. The van der Waals surface area contributed by atoms with Crippen molar-refractivity contribution in [1.29, 1.82) is 0 Å². The lowest BCUT2D eigenvalue weighted by molar-refractivity contribution is 0.669. The molecule has 270 valence electrons. The molecule has 0 radical (unpaired) electrons. The van der Waals surface area contributed by atoms with Gasteiger partial charge in [0.15, 0.2) is 23.2 Å². The molecule has 0 saturated heterocycles. The molecular weight excluding hydrogens is 711 g/mol. The first-order valence-electron chi connectivity index (χ1n) is 19.1. The Morgan fingerprint density at radius 2 is 0.931 bits per heavy atom. The topological polar surface area (TPSA) is 61.1 Å². The van der Waals surface area contributed by atoms with E-state index in [1.165, 1.54) is 0 Å². The summed E-state index contributed by atoms with van der Waals surface area (Å²) < 4.78 is 8.66. The van der Waals surface area contributed by atoms with Crippen LogP contribution >= 0.6 is 0 Å². The highest BCUT2D eigenvalue weighted by Crippen LogP contribution is 2.44. The summed E-state index contributed by atoms with van der Waals surface area (Å²) in [5, 5.41) is 4.23. The minimum absolute atomic E-state index is 0.552. The average molecular weight is 742 g/mol. The van der Waals surface area contributed by atoms with Crippen molar-refractivity contribution in [2.24, 2.45) is 0 Å². The van der Waals surface area contributed by atoms with Crippen molar-refractivity contribution in [3.8, 4) is 62.1 Å². The van der Waals surface area contributed by atoms with Gasteiger partial charge < -0.3 is 8.98 Å². The molecule has 3 heterocycles. The lowest BCUT2D eigenvalue weighted by Crippen LogP contribution is -2.04. The zero-order valence-corrected chi connectivity index (χ0v) is 31.0. The number of benzene rings is 8. The Labute approximate surface area is 333 Å². The summed E-state index contributed by atoms with van der Waals surface area (Å²) in [5.41, 5.74) is 12.0. The van der Waals surface area contributed by atoms with E-state index in [1.54, 1.807) is 0 Å². The van der Waals surface area contributed by atoms with E-state index in [0.717, 1.165) is 88.4 Å². The molecule has 0 bridgehead atoms. The minimum atomic E-state index is 0.552. The molecule has 0 saturated carbocycles. The van der Waals surface area contributed by atoms with E-state index in [2.05, 4.69) is 119 Å². The van der Waals surface area contributed by atoms with Crippen LogP contribution < -0.4 is 0 Å². The van der Waals surface area contributed by atoms with Crippen LogP contribution in [-0.4, -0.2) is 19.5 Å². The molecule has 11 rings (SSSR count). The van der Waals surface area contributed by atoms with Crippen LogP contribution in [0.1, 0.15) is 0 Å². The Balaban J connectivity index is 1.22. The van der Waals surface area contributed by atoms with Gasteiger partial charge in [-0.2, -0.15) is 0 Å². The Morgan fingerprint density at radius 3 is 1.60 bits per heavy atom. The van der Waals surface area contributed by atoms with Crippen LogP contribution in [0.2, 0.25) is 0 Å². The van der Waals surface area contributed by atoms with Crippen molar-refractivity contribution < 1.29 is 4.42 Å². The van der Waals surface area contributed by atoms with Crippen LogP contribution in [-0.2, 0) is 0 Å². The summed E-state index contributed by atoms with van der Waals surface area (Å²) in [7, 11) is 0. The summed E-state index contributed by atoms with van der Waals surface area (Å²) in [4.78, 5) is 19.3. The molecule has 6 nitrogen and oxygen atoms in total. The van der Waals surface area contributed by atoms with Crippen LogP contribution in [0.25, 0.3) is 111 Å². The smallest absolute Gasteiger partial charge is 0.188 e. The molecule has 11 aromatic rings. The fraction of sp³-hybridized carbons (Fsp3) is 0. The van der Waals surface area contributed by atoms with Gasteiger partial charge in [0.05, 0.1) is 23.3 Å². The highest BCUT2D eigenvalue weighted by molar-refractivity contribution is 6.12. The SMILES string of the molecule is [C-]#[N+]c1ccc2c(c1)c1ccccc1n2-c1c(-c2ccccc2)cc(-c2nc(-c3ccccc3)nc(-c3ccc4c(c3)oc3ccccc34)n2)cc1-c1ccccc1. The van der Waals surface area contributed by atoms with E-state index in [4.69, 9.17) is 25.9 Å². The second-order valence-electron chi connectivity index (χ2n) is 14.3. The number of hydrogen-bond acceptors (Lipinski definition) is 4. The fourth-order valence-corrected chi connectivity index (χ4v) is 8.17. The maximum Gasteiger partial charge on any atom is 0.188 e. The molecule has 0 fully saturated rings. The maximum atomic E-state index is 7.79. The van der Waals surface area contributed by atoms with Gasteiger partial charge in [0, 0.05) is 44.0 Å². The third-order valence-electron chi connectivity index (χ3n) is 10.9.